The van der Waals surface area contributed by atoms with E-state index in [-0.39, 0.29) is 18.2 Å². The standard InChI is InChI=1S/C19H20N4O2S/c1-3-12(2)22-23-19-21-18(25)16(26-19)11-17(24)20-15-10-6-8-13-7-4-5-9-14(13)15/h4-10,16H,3,11H2,1-2H3,(H,20,24)(H,21,23,25)/b22-12+. The molecule has 1 unspecified atom stereocenters. The van der Waals surface area contributed by atoms with E-state index in [1.54, 1.807) is 0 Å². The zero-order valence-electron chi connectivity index (χ0n) is 14.7. The molecule has 0 radical (unpaired) electrons. The van der Waals surface area contributed by atoms with Crippen molar-refractivity contribution < 1.29 is 9.59 Å². The smallest absolute Gasteiger partial charge is 0.240 e. The lowest BCUT2D eigenvalue weighted by atomic mass is 10.1. The van der Waals surface area contributed by atoms with Crippen molar-refractivity contribution in [2.75, 3.05) is 5.32 Å². The van der Waals surface area contributed by atoms with Crippen LogP contribution < -0.4 is 10.6 Å². The molecule has 1 aliphatic rings. The van der Waals surface area contributed by atoms with Crippen molar-refractivity contribution in [2.45, 2.75) is 31.9 Å². The predicted molar refractivity (Wildman–Crippen MR) is 108 cm³/mol. The summed E-state index contributed by atoms with van der Waals surface area (Å²) in [6.07, 6.45) is 0.876. The minimum Gasteiger partial charge on any atom is -0.325 e. The van der Waals surface area contributed by atoms with Gasteiger partial charge in [0.25, 0.3) is 0 Å². The van der Waals surface area contributed by atoms with E-state index < -0.39 is 5.25 Å². The number of thioether (sulfide) groups is 1. The van der Waals surface area contributed by atoms with Crippen LogP contribution in [0.25, 0.3) is 10.8 Å². The number of nitrogens with one attached hydrogen (secondary N) is 2. The van der Waals surface area contributed by atoms with E-state index in [0.29, 0.717) is 5.17 Å². The van der Waals surface area contributed by atoms with Crippen LogP contribution in [0, 0.1) is 0 Å². The quantitative estimate of drug-likeness (QED) is 0.625. The molecular weight excluding hydrogens is 348 g/mol. The Labute approximate surface area is 156 Å². The monoisotopic (exact) mass is 368 g/mol. The maximum Gasteiger partial charge on any atom is 0.240 e. The van der Waals surface area contributed by atoms with E-state index in [9.17, 15) is 9.59 Å². The number of carbonyl (C=O) groups is 2. The molecule has 6 nitrogen and oxygen atoms in total. The van der Waals surface area contributed by atoms with Gasteiger partial charge in [0.05, 0.1) is 0 Å². The maximum atomic E-state index is 12.4. The number of amidine groups is 1. The number of benzene rings is 2. The largest absolute Gasteiger partial charge is 0.325 e. The minimum atomic E-state index is -0.499. The number of amides is 2. The van der Waals surface area contributed by atoms with Crippen molar-refractivity contribution in [1.29, 1.82) is 0 Å². The number of hydrogen-bond acceptors (Lipinski definition) is 5. The summed E-state index contributed by atoms with van der Waals surface area (Å²) in [5, 5.41) is 15.6. The summed E-state index contributed by atoms with van der Waals surface area (Å²) in [7, 11) is 0. The second-order valence-corrected chi connectivity index (χ2v) is 7.16. The highest BCUT2D eigenvalue weighted by Crippen LogP contribution is 2.26. The van der Waals surface area contributed by atoms with E-state index >= 15 is 0 Å². The molecule has 2 aromatic rings. The Balaban J connectivity index is 1.66. The molecule has 2 amide bonds. The summed E-state index contributed by atoms with van der Waals surface area (Å²) in [6, 6.07) is 13.6. The maximum absolute atomic E-state index is 12.4. The number of hydrogen-bond donors (Lipinski definition) is 2. The van der Waals surface area contributed by atoms with Crippen LogP contribution in [0.4, 0.5) is 5.69 Å². The van der Waals surface area contributed by atoms with Gasteiger partial charge in [-0.1, -0.05) is 55.1 Å². The fraction of sp³-hybridized carbons (Fsp3) is 0.263. The predicted octanol–water partition coefficient (Wildman–Crippen LogP) is 3.54. The Kier molecular flexibility index (Phi) is 5.68. The normalized spacial score (nSPS) is 19.0. The molecule has 1 fully saturated rings. The minimum absolute atomic E-state index is 0.0786. The van der Waals surface area contributed by atoms with Gasteiger partial charge in [-0.3, -0.25) is 9.59 Å². The first-order valence-electron chi connectivity index (χ1n) is 8.43. The SMILES string of the molecule is CC/C(C)=N/N=C1/NC(=O)C(CC(=O)Nc2cccc3ccccc23)S1. The van der Waals surface area contributed by atoms with Gasteiger partial charge in [-0.05, 0) is 24.8 Å². The first-order valence-corrected chi connectivity index (χ1v) is 9.31. The van der Waals surface area contributed by atoms with E-state index in [2.05, 4.69) is 20.8 Å². The van der Waals surface area contributed by atoms with Gasteiger partial charge in [0.1, 0.15) is 5.25 Å². The average molecular weight is 368 g/mol. The van der Waals surface area contributed by atoms with Crippen LogP contribution in [0.2, 0.25) is 0 Å². The molecule has 0 aromatic heterocycles. The Morgan fingerprint density at radius 2 is 2.00 bits per heavy atom. The highest BCUT2D eigenvalue weighted by Gasteiger charge is 2.32. The zero-order chi connectivity index (χ0) is 18.5. The highest BCUT2D eigenvalue weighted by atomic mass is 32.2. The van der Waals surface area contributed by atoms with Gasteiger partial charge in [-0.2, -0.15) is 5.10 Å². The van der Waals surface area contributed by atoms with Crippen LogP contribution >= 0.6 is 11.8 Å². The number of fused-ring (bicyclic) bond motifs is 1. The van der Waals surface area contributed by atoms with Crippen molar-refractivity contribution in [2.24, 2.45) is 10.2 Å². The van der Waals surface area contributed by atoms with Crippen LogP contribution in [0.15, 0.2) is 52.7 Å². The third-order valence-electron chi connectivity index (χ3n) is 4.03. The fourth-order valence-electron chi connectivity index (χ4n) is 2.49. The molecule has 7 heteroatoms. The summed E-state index contributed by atoms with van der Waals surface area (Å²) in [5.74, 6) is -0.422. The molecule has 1 saturated heterocycles. The van der Waals surface area contributed by atoms with Gasteiger partial charge in [-0.15, -0.1) is 5.10 Å². The average Bonchev–Trinajstić information content (AvgIpc) is 2.99. The zero-order valence-corrected chi connectivity index (χ0v) is 15.5. The van der Waals surface area contributed by atoms with Crippen LogP contribution in [0.1, 0.15) is 26.7 Å². The molecule has 26 heavy (non-hydrogen) atoms. The molecular formula is C19H20N4O2S. The third-order valence-corrected chi connectivity index (χ3v) is 5.11. The van der Waals surface area contributed by atoms with Crippen LogP contribution in [-0.4, -0.2) is 27.9 Å². The van der Waals surface area contributed by atoms with Crippen LogP contribution in [0.3, 0.4) is 0 Å². The number of rotatable bonds is 5. The van der Waals surface area contributed by atoms with Crippen LogP contribution in [0.5, 0.6) is 0 Å². The summed E-state index contributed by atoms with van der Waals surface area (Å²) in [5.41, 5.74) is 1.62. The molecule has 1 aliphatic heterocycles. The van der Waals surface area contributed by atoms with Gasteiger partial charge in [-0.25, -0.2) is 0 Å². The first-order chi connectivity index (χ1) is 12.6. The lowest BCUT2D eigenvalue weighted by Gasteiger charge is -2.10. The van der Waals surface area contributed by atoms with Crippen molar-refractivity contribution in [3.8, 4) is 0 Å². The van der Waals surface area contributed by atoms with Gasteiger partial charge in [0, 0.05) is 23.2 Å². The molecule has 0 spiro atoms. The number of anilines is 1. The van der Waals surface area contributed by atoms with Crippen LogP contribution in [-0.2, 0) is 9.59 Å². The molecule has 2 aromatic carbocycles. The summed E-state index contributed by atoms with van der Waals surface area (Å²) in [6.45, 7) is 3.86. The van der Waals surface area contributed by atoms with Crippen molar-refractivity contribution in [3.05, 3.63) is 42.5 Å². The van der Waals surface area contributed by atoms with Crippen molar-refractivity contribution in [3.63, 3.8) is 0 Å². The molecule has 134 valence electrons. The van der Waals surface area contributed by atoms with E-state index in [1.165, 1.54) is 11.8 Å². The van der Waals surface area contributed by atoms with Gasteiger partial charge >= 0.3 is 0 Å². The van der Waals surface area contributed by atoms with Gasteiger partial charge in [0.2, 0.25) is 11.8 Å². The van der Waals surface area contributed by atoms with E-state index in [4.69, 9.17) is 0 Å². The Morgan fingerprint density at radius 1 is 1.23 bits per heavy atom. The fourth-order valence-corrected chi connectivity index (χ4v) is 3.41. The molecule has 0 aliphatic carbocycles. The second-order valence-electron chi connectivity index (χ2n) is 5.97. The Morgan fingerprint density at radius 3 is 2.81 bits per heavy atom. The molecule has 0 saturated carbocycles. The van der Waals surface area contributed by atoms with E-state index in [1.807, 2.05) is 56.3 Å². The highest BCUT2D eigenvalue weighted by molar-refractivity contribution is 8.15. The lowest BCUT2D eigenvalue weighted by molar-refractivity contribution is -0.122. The summed E-state index contributed by atoms with van der Waals surface area (Å²) >= 11 is 1.24. The Bertz CT molecular complexity index is 902. The topological polar surface area (TPSA) is 82.9 Å². The molecule has 1 heterocycles. The first kappa shape index (κ1) is 18.1. The van der Waals surface area contributed by atoms with E-state index in [0.717, 1.165) is 28.6 Å². The summed E-state index contributed by atoms with van der Waals surface area (Å²) in [4.78, 5) is 24.5. The lowest BCUT2D eigenvalue weighted by Crippen LogP contribution is -2.28. The third kappa shape index (κ3) is 4.29. The molecule has 0 bridgehead atoms. The van der Waals surface area contributed by atoms with Crippen molar-refractivity contribution in [1.82, 2.24) is 5.32 Å². The Hall–Kier alpha value is -2.67. The molecule has 2 N–H and O–H groups in total. The van der Waals surface area contributed by atoms with Gasteiger partial charge in [0.15, 0.2) is 5.17 Å². The second kappa shape index (κ2) is 8.14. The molecule has 3 rings (SSSR count). The number of carbonyl (C=O) groups excluding carboxylic acids is 2. The van der Waals surface area contributed by atoms with Gasteiger partial charge < -0.3 is 10.6 Å². The van der Waals surface area contributed by atoms with Crippen molar-refractivity contribution >= 4 is 50.9 Å². The number of nitrogens with zero attached hydrogens (tertiary/aromatic N) is 2. The summed E-state index contributed by atoms with van der Waals surface area (Å²) < 4.78 is 0. The molecule has 1 atom stereocenters.